The molecule has 0 saturated heterocycles. The fraction of sp³-hybridized carbons (Fsp3) is 0.875. The van der Waals surface area contributed by atoms with Gasteiger partial charge >= 0.3 is 0 Å². The smallest absolute Gasteiger partial charge is 0.00773 e. The highest BCUT2D eigenvalue weighted by Gasteiger charge is 1.92. The van der Waals surface area contributed by atoms with E-state index >= 15 is 0 Å². The van der Waals surface area contributed by atoms with Crippen LogP contribution in [-0.4, -0.2) is 6.54 Å². The molecule has 0 aromatic carbocycles. The fourth-order valence-corrected chi connectivity index (χ4v) is 0.740. The third-order valence-electron chi connectivity index (χ3n) is 1.30. The summed E-state index contributed by atoms with van der Waals surface area (Å²) in [5, 5.41) is 0. The van der Waals surface area contributed by atoms with E-state index in [0.717, 1.165) is 12.5 Å². The highest BCUT2D eigenvalue weighted by molar-refractivity contribution is 4.67. The van der Waals surface area contributed by atoms with Crippen molar-refractivity contribution in [3.8, 4) is 0 Å². The number of unbranched alkanes of at least 4 members (excludes halogenated alkanes) is 2. The van der Waals surface area contributed by atoms with Gasteiger partial charge in [-0.25, -0.2) is 0 Å². The molecular weight excluding hydrogens is 110 g/mol. The molecule has 0 saturated carbocycles. The highest BCUT2D eigenvalue weighted by atomic mass is 14.5. The minimum Gasteiger partial charge on any atom is -0.330 e. The molecule has 55 valence electrons. The van der Waals surface area contributed by atoms with Crippen molar-refractivity contribution in [3.63, 3.8) is 0 Å². The van der Waals surface area contributed by atoms with E-state index in [9.17, 15) is 0 Å². The van der Waals surface area contributed by atoms with Gasteiger partial charge in [0.25, 0.3) is 0 Å². The summed E-state index contributed by atoms with van der Waals surface area (Å²) in [6.07, 6.45) is 6.00. The van der Waals surface area contributed by atoms with Crippen LogP contribution in [0.3, 0.4) is 0 Å². The molecule has 0 amide bonds. The van der Waals surface area contributed by atoms with E-state index in [-0.39, 0.29) is 0 Å². The van der Waals surface area contributed by atoms with Crippen LogP contribution in [0, 0.1) is 12.3 Å². The van der Waals surface area contributed by atoms with Crippen molar-refractivity contribution in [2.75, 3.05) is 6.54 Å². The normalized spacial score (nSPS) is 10.7. The molecule has 0 rings (SSSR count). The van der Waals surface area contributed by atoms with Crippen LogP contribution in [0.4, 0.5) is 0 Å². The Kier molecular flexibility index (Phi) is 6.06. The van der Waals surface area contributed by atoms with Gasteiger partial charge in [0, 0.05) is 0 Å². The Morgan fingerprint density at radius 1 is 1.33 bits per heavy atom. The maximum absolute atomic E-state index is 5.33. The average molecular weight is 128 g/mol. The Labute approximate surface area is 58.6 Å². The summed E-state index contributed by atoms with van der Waals surface area (Å²) in [6.45, 7) is 5.26. The summed E-state index contributed by atoms with van der Waals surface area (Å²) in [4.78, 5) is 0. The summed E-state index contributed by atoms with van der Waals surface area (Å²) in [7, 11) is 0. The average Bonchev–Trinajstić information content (AvgIpc) is 1.80. The first kappa shape index (κ1) is 8.96. The van der Waals surface area contributed by atoms with Gasteiger partial charge in [0.2, 0.25) is 0 Å². The molecule has 0 atom stereocenters. The molecule has 0 aliphatic rings. The van der Waals surface area contributed by atoms with Gasteiger partial charge in [-0.2, -0.15) is 0 Å². The van der Waals surface area contributed by atoms with Crippen molar-refractivity contribution >= 4 is 0 Å². The molecule has 0 aliphatic carbocycles. The molecule has 0 aliphatic heterocycles. The molecule has 0 aromatic heterocycles. The van der Waals surface area contributed by atoms with Crippen LogP contribution < -0.4 is 5.73 Å². The van der Waals surface area contributed by atoms with Gasteiger partial charge in [0.05, 0.1) is 0 Å². The third-order valence-corrected chi connectivity index (χ3v) is 1.30. The summed E-state index contributed by atoms with van der Waals surface area (Å²) >= 11 is 0. The molecule has 0 heterocycles. The molecule has 1 heteroatoms. The second kappa shape index (κ2) is 6.09. The maximum atomic E-state index is 5.33. The SMILES string of the molecule is CC(C)[CH]CCCCN. The number of nitrogens with two attached hydrogens (primary N) is 1. The van der Waals surface area contributed by atoms with E-state index in [1.165, 1.54) is 19.3 Å². The minimum absolute atomic E-state index is 0.739. The van der Waals surface area contributed by atoms with Crippen molar-refractivity contribution in [1.29, 1.82) is 0 Å². The molecular formula is C8H18N. The van der Waals surface area contributed by atoms with E-state index in [1.807, 2.05) is 0 Å². The zero-order valence-electron chi connectivity index (χ0n) is 6.56. The topological polar surface area (TPSA) is 26.0 Å². The largest absolute Gasteiger partial charge is 0.330 e. The summed E-state index contributed by atoms with van der Waals surface area (Å²) in [5.74, 6) is 0.739. The lowest BCUT2D eigenvalue weighted by Crippen LogP contribution is -1.98. The molecule has 1 nitrogen and oxygen atoms in total. The molecule has 2 N–H and O–H groups in total. The first-order valence-electron chi connectivity index (χ1n) is 3.80. The van der Waals surface area contributed by atoms with E-state index in [4.69, 9.17) is 5.73 Å². The lowest BCUT2D eigenvalue weighted by atomic mass is 10.1. The quantitative estimate of drug-likeness (QED) is 0.563. The van der Waals surface area contributed by atoms with Gasteiger partial charge in [0.15, 0.2) is 0 Å². The van der Waals surface area contributed by atoms with Crippen LogP contribution in [0.2, 0.25) is 0 Å². The van der Waals surface area contributed by atoms with Crippen molar-refractivity contribution in [3.05, 3.63) is 6.42 Å². The van der Waals surface area contributed by atoms with Crippen molar-refractivity contribution in [1.82, 2.24) is 0 Å². The van der Waals surface area contributed by atoms with Crippen molar-refractivity contribution < 1.29 is 0 Å². The Morgan fingerprint density at radius 3 is 2.44 bits per heavy atom. The summed E-state index contributed by atoms with van der Waals surface area (Å²) < 4.78 is 0. The number of hydrogen-bond donors (Lipinski definition) is 1. The fourth-order valence-electron chi connectivity index (χ4n) is 0.740. The zero-order chi connectivity index (χ0) is 7.11. The predicted octanol–water partition coefficient (Wildman–Crippen LogP) is 1.98. The van der Waals surface area contributed by atoms with E-state index in [2.05, 4.69) is 20.3 Å². The molecule has 0 bridgehead atoms. The number of rotatable bonds is 5. The molecule has 0 aromatic rings. The van der Waals surface area contributed by atoms with Crippen LogP contribution in [0.5, 0.6) is 0 Å². The molecule has 1 radical (unpaired) electrons. The van der Waals surface area contributed by atoms with Crippen LogP contribution in [0.1, 0.15) is 33.1 Å². The second-order valence-corrected chi connectivity index (χ2v) is 2.76. The zero-order valence-corrected chi connectivity index (χ0v) is 6.56. The van der Waals surface area contributed by atoms with Gasteiger partial charge < -0.3 is 5.73 Å². The summed E-state index contributed by atoms with van der Waals surface area (Å²) in [6, 6.07) is 0. The lowest BCUT2D eigenvalue weighted by Gasteiger charge is -2.01. The monoisotopic (exact) mass is 128 g/mol. The Bertz CT molecular complexity index is 50.5. The van der Waals surface area contributed by atoms with Crippen LogP contribution in [0.25, 0.3) is 0 Å². The Morgan fingerprint density at radius 2 is 2.00 bits per heavy atom. The van der Waals surface area contributed by atoms with Crippen LogP contribution in [-0.2, 0) is 0 Å². The van der Waals surface area contributed by atoms with Gasteiger partial charge in [-0.15, -0.1) is 0 Å². The van der Waals surface area contributed by atoms with E-state index in [1.54, 1.807) is 0 Å². The Hall–Kier alpha value is -0.0400. The minimum atomic E-state index is 0.739. The van der Waals surface area contributed by atoms with Gasteiger partial charge in [0.1, 0.15) is 0 Å². The molecule has 0 spiro atoms. The maximum Gasteiger partial charge on any atom is -0.00773 e. The van der Waals surface area contributed by atoms with Gasteiger partial charge in [-0.05, 0) is 31.7 Å². The van der Waals surface area contributed by atoms with Gasteiger partial charge in [-0.1, -0.05) is 20.3 Å². The summed E-state index contributed by atoms with van der Waals surface area (Å²) in [5.41, 5.74) is 5.33. The first-order valence-corrected chi connectivity index (χ1v) is 3.80. The number of hydrogen-bond acceptors (Lipinski definition) is 1. The van der Waals surface area contributed by atoms with Crippen molar-refractivity contribution in [2.24, 2.45) is 11.7 Å². The van der Waals surface area contributed by atoms with Gasteiger partial charge in [-0.3, -0.25) is 0 Å². The third kappa shape index (κ3) is 7.96. The van der Waals surface area contributed by atoms with Crippen molar-refractivity contribution in [2.45, 2.75) is 33.1 Å². The highest BCUT2D eigenvalue weighted by Crippen LogP contribution is 2.05. The molecule has 0 fully saturated rings. The van der Waals surface area contributed by atoms with Crippen LogP contribution in [0.15, 0.2) is 0 Å². The Balaban J connectivity index is 2.75. The van der Waals surface area contributed by atoms with Crippen LogP contribution >= 0.6 is 0 Å². The lowest BCUT2D eigenvalue weighted by molar-refractivity contribution is 0.652. The predicted molar refractivity (Wildman–Crippen MR) is 42.0 cm³/mol. The molecule has 9 heavy (non-hydrogen) atoms. The van der Waals surface area contributed by atoms with E-state index in [0.29, 0.717) is 0 Å². The standard InChI is InChI=1S/C8H18N/c1-8(2)6-4-3-5-7-9/h6,8H,3-5,7,9H2,1-2H3. The van der Waals surface area contributed by atoms with E-state index < -0.39 is 0 Å². The first-order chi connectivity index (χ1) is 4.27. The second-order valence-electron chi connectivity index (χ2n) is 2.76. The molecule has 0 unspecified atom stereocenters.